The Kier molecular flexibility index (Phi) is 4.60. The summed E-state index contributed by atoms with van der Waals surface area (Å²) in [5, 5.41) is 2.81. The van der Waals surface area contributed by atoms with Gasteiger partial charge in [-0.1, -0.05) is 12.1 Å². The van der Waals surface area contributed by atoms with Crippen molar-refractivity contribution in [1.29, 1.82) is 0 Å². The Morgan fingerprint density at radius 2 is 1.67 bits per heavy atom. The van der Waals surface area contributed by atoms with Crippen molar-refractivity contribution >= 4 is 5.91 Å². The van der Waals surface area contributed by atoms with E-state index in [0.717, 1.165) is 0 Å². The van der Waals surface area contributed by atoms with Crippen LogP contribution >= 0.6 is 0 Å². The normalized spacial score (nSPS) is 29.8. The van der Waals surface area contributed by atoms with Gasteiger partial charge in [-0.25, -0.2) is 0 Å². The Hall–Kier alpha value is -1.92. The molecule has 2 atom stereocenters. The molecule has 4 nitrogen and oxygen atoms in total. The van der Waals surface area contributed by atoms with E-state index in [1.54, 1.807) is 25.1 Å². The third kappa shape index (κ3) is 3.60. The molecule has 7 heteroatoms. The predicted octanol–water partition coefficient (Wildman–Crippen LogP) is 3.45. The maximum absolute atomic E-state index is 12.7. The molecule has 1 aliphatic carbocycles. The molecule has 1 N–H and O–H groups in total. The van der Waals surface area contributed by atoms with Crippen molar-refractivity contribution in [2.24, 2.45) is 5.92 Å². The molecule has 1 aromatic carbocycles. The van der Waals surface area contributed by atoms with E-state index >= 15 is 0 Å². The van der Waals surface area contributed by atoms with Crippen molar-refractivity contribution in [2.75, 3.05) is 0 Å². The summed E-state index contributed by atoms with van der Waals surface area (Å²) in [6.45, 7) is 1.74. The number of nitrogens with one attached hydrogen (secondary N) is 1. The van der Waals surface area contributed by atoms with Crippen molar-refractivity contribution in [1.82, 2.24) is 5.32 Å². The highest BCUT2D eigenvalue weighted by molar-refractivity contribution is 5.82. The first-order valence-electron chi connectivity index (χ1n) is 8.14. The number of ether oxygens (including phenoxy) is 2. The molecule has 2 aliphatic rings. The van der Waals surface area contributed by atoms with Crippen LogP contribution in [0.25, 0.3) is 0 Å². The second kappa shape index (κ2) is 6.53. The van der Waals surface area contributed by atoms with Crippen LogP contribution in [0.1, 0.15) is 32.6 Å². The Labute approximate surface area is 138 Å². The number of fused-ring (bicyclic) bond motifs is 1. The lowest BCUT2D eigenvalue weighted by Crippen LogP contribution is -2.52. The van der Waals surface area contributed by atoms with Crippen LogP contribution in [0.4, 0.5) is 13.2 Å². The lowest BCUT2D eigenvalue weighted by atomic mass is 9.85. The van der Waals surface area contributed by atoms with Crippen LogP contribution in [0, 0.1) is 5.92 Å². The van der Waals surface area contributed by atoms with Gasteiger partial charge in [-0.3, -0.25) is 4.79 Å². The molecular weight excluding hydrogens is 323 g/mol. The van der Waals surface area contributed by atoms with Crippen LogP contribution in [-0.4, -0.2) is 30.3 Å². The van der Waals surface area contributed by atoms with Gasteiger partial charge in [-0.15, -0.1) is 0 Å². The number of hydrogen-bond acceptors (Lipinski definition) is 3. The largest absolute Gasteiger partial charge is 0.482 e. The average Bonchev–Trinajstić information content (AvgIpc) is 2.53. The SMILES string of the molecule is CC1Oc2ccccc2OC1C(=O)NC1CCC(C(F)(F)F)CC1. The zero-order valence-electron chi connectivity index (χ0n) is 13.3. The summed E-state index contributed by atoms with van der Waals surface area (Å²) >= 11 is 0. The van der Waals surface area contributed by atoms with Crippen LogP contribution < -0.4 is 14.8 Å². The third-order valence-corrected chi connectivity index (χ3v) is 4.64. The van der Waals surface area contributed by atoms with E-state index in [9.17, 15) is 18.0 Å². The molecule has 1 aliphatic heterocycles. The first-order chi connectivity index (χ1) is 11.3. The number of carbonyl (C=O) groups is 1. The Balaban J connectivity index is 1.56. The molecule has 0 aromatic heterocycles. The minimum atomic E-state index is -4.15. The van der Waals surface area contributed by atoms with Crippen molar-refractivity contribution in [3.63, 3.8) is 0 Å². The van der Waals surface area contributed by atoms with Gasteiger partial charge < -0.3 is 14.8 Å². The van der Waals surface area contributed by atoms with Crippen LogP contribution in [0.15, 0.2) is 24.3 Å². The zero-order valence-corrected chi connectivity index (χ0v) is 13.3. The first-order valence-corrected chi connectivity index (χ1v) is 8.14. The second-order valence-corrected chi connectivity index (χ2v) is 6.41. The van der Waals surface area contributed by atoms with E-state index in [-0.39, 0.29) is 24.8 Å². The molecule has 24 heavy (non-hydrogen) atoms. The van der Waals surface area contributed by atoms with E-state index in [4.69, 9.17) is 9.47 Å². The highest BCUT2D eigenvalue weighted by Gasteiger charge is 2.42. The van der Waals surface area contributed by atoms with Crippen LogP contribution in [0.5, 0.6) is 11.5 Å². The van der Waals surface area contributed by atoms with Gasteiger partial charge in [0.05, 0.1) is 5.92 Å². The van der Waals surface area contributed by atoms with E-state index in [1.165, 1.54) is 0 Å². The molecule has 0 radical (unpaired) electrons. The van der Waals surface area contributed by atoms with Crippen LogP contribution in [0.2, 0.25) is 0 Å². The molecule has 1 amide bonds. The maximum Gasteiger partial charge on any atom is 0.391 e. The first kappa shape index (κ1) is 16.9. The Morgan fingerprint density at radius 1 is 1.08 bits per heavy atom. The summed E-state index contributed by atoms with van der Waals surface area (Å²) in [7, 11) is 0. The topological polar surface area (TPSA) is 47.6 Å². The summed E-state index contributed by atoms with van der Waals surface area (Å²) in [6, 6.07) is 6.83. The van der Waals surface area contributed by atoms with Gasteiger partial charge in [-0.05, 0) is 44.7 Å². The monoisotopic (exact) mass is 343 g/mol. The number of para-hydroxylation sites is 2. The van der Waals surface area contributed by atoms with Crippen LogP contribution in [-0.2, 0) is 4.79 Å². The fraction of sp³-hybridized carbons (Fsp3) is 0.588. The van der Waals surface area contributed by atoms with E-state index in [1.807, 2.05) is 6.07 Å². The summed E-state index contributed by atoms with van der Waals surface area (Å²) in [5.41, 5.74) is 0. The van der Waals surface area contributed by atoms with E-state index in [2.05, 4.69) is 5.32 Å². The molecule has 0 saturated heterocycles. The van der Waals surface area contributed by atoms with Gasteiger partial charge in [-0.2, -0.15) is 13.2 Å². The third-order valence-electron chi connectivity index (χ3n) is 4.64. The molecule has 0 bridgehead atoms. The zero-order chi connectivity index (χ0) is 17.3. The lowest BCUT2D eigenvalue weighted by molar-refractivity contribution is -0.182. The minimum absolute atomic E-state index is 0.0505. The standard InChI is InChI=1S/C17H20F3NO3/c1-10-15(24-14-5-3-2-4-13(14)23-10)16(22)21-12-8-6-11(7-9-12)17(18,19)20/h2-5,10-12,15H,6-9H2,1H3,(H,21,22). The highest BCUT2D eigenvalue weighted by Crippen LogP contribution is 2.38. The maximum atomic E-state index is 12.7. The summed E-state index contributed by atoms with van der Waals surface area (Å²) in [4.78, 5) is 12.4. The molecule has 1 fully saturated rings. The number of halogens is 3. The van der Waals surface area contributed by atoms with Gasteiger partial charge >= 0.3 is 6.18 Å². The Morgan fingerprint density at radius 3 is 2.25 bits per heavy atom. The summed E-state index contributed by atoms with van der Waals surface area (Å²) in [6.07, 6.45) is -4.66. The van der Waals surface area contributed by atoms with Crippen molar-refractivity contribution in [3.8, 4) is 11.5 Å². The smallest absolute Gasteiger partial charge is 0.391 e. The van der Waals surface area contributed by atoms with E-state index in [0.29, 0.717) is 24.3 Å². The fourth-order valence-corrected chi connectivity index (χ4v) is 3.25. The number of carbonyl (C=O) groups excluding carboxylic acids is 1. The molecule has 1 saturated carbocycles. The van der Waals surface area contributed by atoms with Gasteiger partial charge in [0.15, 0.2) is 11.5 Å². The molecule has 3 rings (SSSR count). The van der Waals surface area contributed by atoms with Gasteiger partial charge in [0, 0.05) is 6.04 Å². The highest BCUT2D eigenvalue weighted by atomic mass is 19.4. The van der Waals surface area contributed by atoms with Crippen molar-refractivity contribution < 1.29 is 27.4 Å². The number of rotatable bonds is 2. The average molecular weight is 343 g/mol. The number of amides is 1. The fourth-order valence-electron chi connectivity index (χ4n) is 3.25. The minimum Gasteiger partial charge on any atom is -0.482 e. The lowest BCUT2D eigenvalue weighted by Gasteiger charge is -2.34. The van der Waals surface area contributed by atoms with Gasteiger partial charge in [0.2, 0.25) is 6.10 Å². The molecule has 1 heterocycles. The van der Waals surface area contributed by atoms with Crippen LogP contribution in [0.3, 0.4) is 0 Å². The van der Waals surface area contributed by atoms with Gasteiger partial charge in [0.1, 0.15) is 6.10 Å². The second-order valence-electron chi connectivity index (χ2n) is 6.41. The summed E-state index contributed by atoms with van der Waals surface area (Å²) < 4.78 is 49.5. The number of benzene rings is 1. The Bertz CT molecular complexity index is 597. The van der Waals surface area contributed by atoms with E-state index < -0.39 is 24.3 Å². The predicted molar refractivity (Wildman–Crippen MR) is 80.9 cm³/mol. The summed E-state index contributed by atoms with van der Waals surface area (Å²) in [5.74, 6) is -0.519. The molecule has 132 valence electrons. The molecule has 1 aromatic rings. The van der Waals surface area contributed by atoms with Crippen molar-refractivity contribution in [3.05, 3.63) is 24.3 Å². The molecule has 0 spiro atoms. The van der Waals surface area contributed by atoms with Crippen molar-refractivity contribution in [2.45, 2.75) is 57.0 Å². The molecule has 2 unspecified atom stereocenters. The quantitative estimate of drug-likeness (QED) is 0.895. The number of alkyl halides is 3. The molecular formula is C17H20F3NO3. The number of hydrogen-bond donors (Lipinski definition) is 1. The van der Waals surface area contributed by atoms with Gasteiger partial charge in [0.25, 0.3) is 5.91 Å².